The van der Waals surface area contributed by atoms with E-state index < -0.39 is 0 Å². The van der Waals surface area contributed by atoms with Crippen molar-refractivity contribution >= 4 is 10.9 Å². The molecule has 0 amide bonds. The lowest BCUT2D eigenvalue weighted by atomic mass is 10.0. The molecule has 0 aliphatic heterocycles. The molecule has 0 radical (unpaired) electrons. The van der Waals surface area contributed by atoms with Gasteiger partial charge in [0.15, 0.2) is 0 Å². The van der Waals surface area contributed by atoms with Crippen molar-refractivity contribution in [2.75, 3.05) is 6.54 Å². The average molecular weight is 199 g/mol. The Labute approximate surface area is 88.5 Å². The van der Waals surface area contributed by atoms with Crippen molar-refractivity contribution in [2.24, 2.45) is 5.73 Å². The van der Waals surface area contributed by atoms with Gasteiger partial charge in [-0.3, -0.25) is 0 Å². The maximum atomic E-state index is 8.89. The van der Waals surface area contributed by atoms with Gasteiger partial charge in [0, 0.05) is 17.1 Å². The molecular weight excluding hydrogens is 186 g/mol. The van der Waals surface area contributed by atoms with Crippen LogP contribution in [0.2, 0.25) is 0 Å². The number of aromatic amines is 1. The first-order chi connectivity index (χ1) is 7.26. The van der Waals surface area contributed by atoms with Crippen LogP contribution in [0.3, 0.4) is 0 Å². The van der Waals surface area contributed by atoms with Crippen molar-refractivity contribution in [2.45, 2.75) is 13.3 Å². The van der Waals surface area contributed by atoms with Gasteiger partial charge in [0.05, 0.1) is 11.6 Å². The van der Waals surface area contributed by atoms with E-state index in [0.29, 0.717) is 12.1 Å². The van der Waals surface area contributed by atoms with Crippen LogP contribution in [0.4, 0.5) is 0 Å². The number of H-pyrrole nitrogens is 1. The highest BCUT2D eigenvalue weighted by molar-refractivity contribution is 5.87. The zero-order valence-corrected chi connectivity index (χ0v) is 8.67. The van der Waals surface area contributed by atoms with Crippen molar-refractivity contribution in [1.82, 2.24) is 4.98 Å². The van der Waals surface area contributed by atoms with Crippen LogP contribution in [0.1, 0.15) is 16.7 Å². The number of fused-ring (bicyclic) bond motifs is 1. The normalized spacial score (nSPS) is 10.5. The second-order valence-electron chi connectivity index (χ2n) is 3.68. The van der Waals surface area contributed by atoms with Crippen molar-refractivity contribution in [3.05, 3.63) is 35.0 Å². The average Bonchev–Trinajstić information content (AvgIpc) is 2.63. The van der Waals surface area contributed by atoms with Crippen molar-refractivity contribution in [3.63, 3.8) is 0 Å². The summed E-state index contributed by atoms with van der Waals surface area (Å²) in [5.41, 5.74) is 9.65. The lowest BCUT2D eigenvalue weighted by molar-refractivity contribution is 0.976. The molecule has 0 aliphatic rings. The van der Waals surface area contributed by atoms with E-state index in [1.165, 1.54) is 5.56 Å². The molecule has 3 N–H and O–H groups in total. The summed E-state index contributed by atoms with van der Waals surface area (Å²) < 4.78 is 0. The monoisotopic (exact) mass is 199 g/mol. The summed E-state index contributed by atoms with van der Waals surface area (Å²) in [5, 5.41) is 10.0. The topological polar surface area (TPSA) is 65.6 Å². The van der Waals surface area contributed by atoms with Gasteiger partial charge in [-0.15, -0.1) is 0 Å². The Kier molecular flexibility index (Phi) is 2.44. The number of nitrogens with zero attached hydrogens (tertiary/aromatic N) is 1. The number of aromatic nitrogens is 1. The van der Waals surface area contributed by atoms with Crippen LogP contribution in [-0.4, -0.2) is 11.5 Å². The summed E-state index contributed by atoms with van der Waals surface area (Å²) in [5.74, 6) is 0. The van der Waals surface area contributed by atoms with Crippen LogP contribution in [0.25, 0.3) is 10.9 Å². The van der Waals surface area contributed by atoms with E-state index in [9.17, 15) is 0 Å². The van der Waals surface area contributed by atoms with E-state index in [1.807, 2.05) is 25.3 Å². The Balaban J connectivity index is 2.68. The van der Waals surface area contributed by atoms with Crippen LogP contribution in [-0.2, 0) is 6.42 Å². The number of hydrogen-bond acceptors (Lipinski definition) is 2. The second kappa shape index (κ2) is 3.76. The van der Waals surface area contributed by atoms with E-state index in [1.54, 1.807) is 0 Å². The number of hydrogen-bond donors (Lipinski definition) is 2. The summed E-state index contributed by atoms with van der Waals surface area (Å²) in [4.78, 5) is 3.23. The molecule has 0 aliphatic carbocycles. The van der Waals surface area contributed by atoms with Gasteiger partial charge in [-0.2, -0.15) is 5.26 Å². The molecular formula is C12H13N3. The molecule has 3 nitrogen and oxygen atoms in total. The van der Waals surface area contributed by atoms with Gasteiger partial charge >= 0.3 is 0 Å². The fourth-order valence-electron chi connectivity index (χ4n) is 1.90. The van der Waals surface area contributed by atoms with E-state index in [2.05, 4.69) is 11.1 Å². The van der Waals surface area contributed by atoms with Crippen LogP contribution in [0.5, 0.6) is 0 Å². The maximum absolute atomic E-state index is 8.89. The van der Waals surface area contributed by atoms with Crippen LogP contribution < -0.4 is 5.73 Å². The zero-order chi connectivity index (χ0) is 10.8. The van der Waals surface area contributed by atoms with E-state index in [0.717, 1.165) is 22.9 Å². The summed E-state index contributed by atoms with van der Waals surface area (Å²) in [6.07, 6.45) is 2.82. The zero-order valence-electron chi connectivity index (χ0n) is 8.67. The number of nitrogens with two attached hydrogens (primary N) is 1. The largest absolute Gasteiger partial charge is 0.361 e. The molecule has 15 heavy (non-hydrogen) atoms. The first kappa shape index (κ1) is 9.75. The Bertz CT molecular complexity index is 532. The van der Waals surface area contributed by atoms with E-state index in [-0.39, 0.29) is 0 Å². The van der Waals surface area contributed by atoms with Crippen molar-refractivity contribution in [1.29, 1.82) is 5.26 Å². The molecule has 0 fully saturated rings. The minimum absolute atomic E-state index is 0.628. The fraction of sp³-hybridized carbons (Fsp3) is 0.250. The van der Waals surface area contributed by atoms with Crippen LogP contribution in [0, 0.1) is 18.3 Å². The summed E-state index contributed by atoms with van der Waals surface area (Å²) >= 11 is 0. The minimum Gasteiger partial charge on any atom is -0.361 e. The molecule has 2 rings (SSSR count). The number of benzene rings is 1. The molecule has 1 aromatic carbocycles. The molecule has 76 valence electrons. The van der Waals surface area contributed by atoms with Crippen molar-refractivity contribution < 1.29 is 0 Å². The third kappa shape index (κ3) is 1.60. The van der Waals surface area contributed by atoms with Gasteiger partial charge in [-0.1, -0.05) is 0 Å². The van der Waals surface area contributed by atoms with Gasteiger partial charge in [-0.05, 0) is 43.1 Å². The Morgan fingerprint density at radius 2 is 2.27 bits per heavy atom. The second-order valence-corrected chi connectivity index (χ2v) is 3.68. The first-order valence-corrected chi connectivity index (χ1v) is 4.97. The molecule has 0 saturated heterocycles. The molecule has 2 aromatic rings. The SMILES string of the molecule is Cc1cc(C#N)cc2c(CCN)c[nH]c12. The smallest absolute Gasteiger partial charge is 0.0991 e. The predicted molar refractivity (Wildman–Crippen MR) is 60.5 cm³/mol. The lowest BCUT2D eigenvalue weighted by Gasteiger charge is -1.99. The highest BCUT2D eigenvalue weighted by Gasteiger charge is 2.06. The first-order valence-electron chi connectivity index (χ1n) is 4.97. The predicted octanol–water partition coefficient (Wildman–Crippen LogP) is 1.85. The lowest BCUT2D eigenvalue weighted by Crippen LogP contribution is -2.01. The van der Waals surface area contributed by atoms with E-state index >= 15 is 0 Å². The number of nitriles is 1. The Hall–Kier alpha value is -1.79. The van der Waals surface area contributed by atoms with Gasteiger partial charge in [0.25, 0.3) is 0 Å². The highest BCUT2D eigenvalue weighted by Crippen LogP contribution is 2.23. The molecule has 1 heterocycles. The molecule has 0 bridgehead atoms. The molecule has 3 heteroatoms. The quantitative estimate of drug-likeness (QED) is 0.775. The standard InChI is InChI=1S/C12H13N3/c1-8-4-9(6-14)5-11-10(2-3-13)7-15-12(8)11/h4-5,7,15H,2-3,13H2,1H3. The van der Waals surface area contributed by atoms with Gasteiger partial charge in [0.2, 0.25) is 0 Å². The Morgan fingerprint density at radius 3 is 2.93 bits per heavy atom. The minimum atomic E-state index is 0.628. The van der Waals surface area contributed by atoms with Crippen molar-refractivity contribution in [3.8, 4) is 6.07 Å². The number of aryl methyl sites for hydroxylation is 1. The molecule has 0 saturated carbocycles. The molecule has 1 aromatic heterocycles. The third-order valence-corrected chi connectivity index (χ3v) is 2.61. The van der Waals surface area contributed by atoms with Gasteiger partial charge in [-0.25, -0.2) is 0 Å². The Morgan fingerprint density at radius 1 is 1.47 bits per heavy atom. The maximum Gasteiger partial charge on any atom is 0.0991 e. The summed E-state index contributed by atoms with van der Waals surface area (Å²) in [6.45, 7) is 2.63. The third-order valence-electron chi connectivity index (χ3n) is 2.61. The summed E-state index contributed by atoms with van der Waals surface area (Å²) in [6, 6.07) is 5.99. The molecule has 0 unspecified atom stereocenters. The highest BCUT2D eigenvalue weighted by atomic mass is 14.7. The van der Waals surface area contributed by atoms with Gasteiger partial charge in [0.1, 0.15) is 0 Å². The van der Waals surface area contributed by atoms with E-state index in [4.69, 9.17) is 11.0 Å². The summed E-state index contributed by atoms with van der Waals surface area (Å²) in [7, 11) is 0. The fourth-order valence-corrected chi connectivity index (χ4v) is 1.90. The number of nitrogens with one attached hydrogen (secondary N) is 1. The molecule has 0 spiro atoms. The molecule has 0 atom stereocenters. The van der Waals surface area contributed by atoms with Gasteiger partial charge < -0.3 is 10.7 Å². The van der Waals surface area contributed by atoms with Crippen LogP contribution in [0.15, 0.2) is 18.3 Å². The van der Waals surface area contributed by atoms with Crippen LogP contribution >= 0.6 is 0 Å². The number of rotatable bonds is 2.